The molecule has 0 atom stereocenters. The molecular weight excluding hydrogens is 348 g/mol. The van der Waals surface area contributed by atoms with Gasteiger partial charge in [0.1, 0.15) is 5.75 Å². The third kappa shape index (κ3) is 3.64. The summed E-state index contributed by atoms with van der Waals surface area (Å²) in [6, 6.07) is 24.9. The zero-order valence-corrected chi connectivity index (χ0v) is 16.0. The Morgan fingerprint density at radius 3 is 2.18 bits per heavy atom. The van der Waals surface area contributed by atoms with Crippen LogP contribution in [0, 0.1) is 0 Å². The van der Waals surface area contributed by atoms with Crippen LogP contribution in [0.1, 0.15) is 18.1 Å². The molecule has 0 spiro atoms. The van der Waals surface area contributed by atoms with Crippen LogP contribution in [-0.2, 0) is 13.0 Å². The van der Waals surface area contributed by atoms with Crippen molar-refractivity contribution in [3.05, 3.63) is 83.9 Å². The summed E-state index contributed by atoms with van der Waals surface area (Å²) in [6.45, 7) is 2.76. The van der Waals surface area contributed by atoms with Crippen molar-refractivity contribution in [3.63, 3.8) is 0 Å². The first-order chi connectivity index (χ1) is 13.8. The van der Waals surface area contributed by atoms with Gasteiger partial charge in [0.15, 0.2) is 5.82 Å². The molecule has 0 radical (unpaired) electrons. The number of methoxy groups -OCH3 is 1. The minimum Gasteiger partial charge on any atom is -0.497 e. The molecule has 4 aromatic rings. The van der Waals surface area contributed by atoms with E-state index in [4.69, 9.17) is 4.74 Å². The Bertz CT molecular complexity index is 1050. The zero-order chi connectivity index (χ0) is 19.3. The Balaban J connectivity index is 1.69. The summed E-state index contributed by atoms with van der Waals surface area (Å²) in [7, 11) is 1.67. The quantitative estimate of drug-likeness (QED) is 0.497. The van der Waals surface area contributed by atoms with Crippen LogP contribution < -0.4 is 4.74 Å². The van der Waals surface area contributed by atoms with E-state index in [9.17, 15) is 0 Å². The number of rotatable bonds is 6. The molecule has 1 aromatic heterocycles. The zero-order valence-electron chi connectivity index (χ0n) is 16.0. The van der Waals surface area contributed by atoms with E-state index in [1.165, 1.54) is 5.56 Å². The first-order valence-corrected chi connectivity index (χ1v) is 9.36. The van der Waals surface area contributed by atoms with Gasteiger partial charge in [-0.2, -0.15) is 0 Å². The highest BCUT2D eigenvalue weighted by molar-refractivity contribution is 5.80. The van der Waals surface area contributed by atoms with Crippen molar-refractivity contribution in [2.75, 3.05) is 7.11 Å². The van der Waals surface area contributed by atoms with Crippen LogP contribution in [-0.4, -0.2) is 27.3 Å². The van der Waals surface area contributed by atoms with Gasteiger partial charge in [-0.3, -0.25) is 0 Å². The second-order valence-corrected chi connectivity index (χ2v) is 6.60. The first kappa shape index (κ1) is 17.9. The summed E-state index contributed by atoms with van der Waals surface area (Å²) < 4.78 is 7.07. The number of aromatic nitrogens is 4. The third-order valence-electron chi connectivity index (χ3n) is 4.86. The Labute approximate surface area is 164 Å². The fraction of sp³-hybridized carbons (Fsp3) is 0.174. The van der Waals surface area contributed by atoms with Crippen molar-refractivity contribution in [1.29, 1.82) is 0 Å². The molecule has 5 heteroatoms. The van der Waals surface area contributed by atoms with Crippen molar-refractivity contribution >= 4 is 0 Å². The molecule has 5 nitrogen and oxygen atoms in total. The standard InChI is InChI=1S/C23H22N4O/c1-3-17-8-12-19(13-9-17)21-6-4-5-7-22(21)23-24-25-26-27(23)16-18-10-14-20(28-2)15-11-18/h4-15H,3,16H2,1-2H3. The van der Waals surface area contributed by atoms with E-state index in [0.29, 0.717) is 6.54 Å². The summed E-state index contributed by atoms with van der Waals surface area (Å²) >= 11 is 0. The van der Waals surface area contributed by atoms with Crippen molar-refractivity contribution in [2.45, 2.75) is 19.9 Å². The van der Waals surface area contributed by atoms with E-state index in [1.807, 2.05) is 41.1 Å². The predicted molar refractivity (Wildman–Crippen MR) is 110 cm³/mol. The maximum Gasteiger partial charge on any atom is 0.182 e. The van der Waals surface area contributed by atoms with E-state index in [0.717, 1.165) is 40.2 Å². The summed E-state index contributed by atoms with van der Waals surface area (Å²) in [5.41, 5.74) is 5.73. The van der Waals surface area contributed by atoms with Crippen LogP contribution in [0.15, 0.2) is 72.8 Å². The van der Waals surface area contributed by atoms with Gasteiger partial charge in [-0.1, -0.05) is 67.6 Å². The predicted octanol–water partition coefficient (Wildman–Crippen LogP) is 4.63. The largest absolute Gasteiger partial charge is 0.497 e. The molecule has 1 heterocycles. The fourth-order valence-corrected chi connectivity index (χ4v) is 3.26. The minimum absolute atomic E-state index is 0.593. The van der Waals surface area contributed by atoms with Crippen molar-refractivity contribution in [3.8, 4) is 28.3 Å². The van der Waals surface area contributed by atoms with Crippen LogP contribution in [0.5, 0.6) is 5.75 Å². The number of hydrogen-bond donors (Lipinski definition) is 0. The van der Waals surface area contributed by atoms with Gasteiger partial charge in [0, 0.05) is 5.56 Å². The number of ether oxygens (including phenoxy) is 1. The Hall–Kier alpha value is -3.47. The SMILES string of the molecule is CCc1ccc(-c2ccccc2-c2nnnn2Cc2ccc(OC)cc2)cc1. The number of aryl methyl sites for hydroxylation is 1. The second-order valence-electron chi connectivity index (χ2n) is 6.60. The third-order valence-corrected chi connectivity index (χ3v) is 4.86. The molecule has 140 valence electrons. The van der Waals surface area contributed by atoms with E-state index in [1.54, 1.807) is 7.11 Å². The average Bonchev–Trinajstić information content (AvgIpc) is 3.22. The highest BCUT2D eigenvalue weighted by atomic mass is 16.5. The summed E-state index contributed by atoms with van der Waals surface area (Å²) in [5, 5.41) is 12.5. The molecule has 4 rings (SSSR count). The molecule has 0 fully saturated rings. The van der Waals surface area contributed by atoms with Gasteiger partial charge in [-0.25, -0.2) is 4.68 Å². The number of tetrazole rings is 1. The lowest BCUT2D eigenvalue weighted by Gasteiger charge is -2.11. The molecule has 3 aromatic carbocycles. The molecular formula is C23H22N4O. The molecule has 0 saturated heterocycles. The Kier molecular flexibility index (Phi) is 5.15. The molecule has 0 bridgehead atoms. The highest BCUT2D eigenvalue weighted by Crippen LogP contribution is 2.31. The lowest BCUT2D eigenvalue weighted by atomic mass is 9.98. The monoisotopic (exact) mass is 370 g/mol. The normalized spacial score (nSPS) is 10.8. The molecule has 0 amide bonds. The van der Waals surface area contributed by atoms with Crippen LogP contribution in [0.25, 0.3) is 22.5 Å². The van der Waals surface area contributed by atoms with Gasteiger partial charge >= 0.3 is 0 Å². The second kappa shape index (κ2) is 8.05. The highest BCUT2D eigenvalue weighted by Gasteiger charge is 2.14. The number of benzene rings is 3. The Morgan fingerprint density at radius 1 is 0.821 bits per heavy atom. The number of hydrogen-bond acceptors (Lipinski definition) is 4. The van der Waals surface area contributed by atoms with Gasteiger partial charge < -0.3 is 4.74 Å². The molecule has 0 aliphatic carbocycles. The van der Waals surface area contributed by atoms with Crippen molar-refractivity contribution in [2.24, 2.45) is 0 Å². The Morgan fingerprint density at radius 2 is 1.50 bits per heavy atom. The van der Waals surface area contributed by atoms with Gasteiger partial charge in [0.2, 0.25) is 0 Å². The molecule has 28 heavy (non-hydrogen) atoms. The van der Waals surface area contributed by atoms with Crippen LogP contribution >= 0.6 is 0 Å². The lowest BCUT2D eigenvalue weighted by molar-refractivity contribution is 0.414. The van der Waals surface area contributed by atoms with E-state index >= 15 is 0 Å². The lowest BCUT2D eigenvalue weighted by Crippen LogP contribution is -2.05. The van der Waals surface area contributed by atoms with Crippen molar-refractivity contribution in [1.82, 2.24) is 20.2 Å². The minimum atomic E-state index is 0.593. The first-order valence-electron chi connectivity index (χ1n) is 9.36. The van der Waals surface area contributed by atoms with Gasteiger partial charge in [-0.05, 0) is 51.2 Å². The molecule has 0 saturated carbocycles. The topological polar surface area (TPSA) is 52.8 Å². The van der Waals surface area contributed by atoms with E-state index < -0.39 is 0 Å². The van der Waals surface area contributed by atoms with Crippen LogP contribution in [0.2, 0.25) is 0 Å². The average molecular weight is 370 g/mol. The van der Waals surface area contributed by atoms with Crippen molar-refractivity contribution < 1.29 is 4.74 Å². The fourth-order valence-electron chi connectivity index (χ4n) is 3.26. The van der Waals surface area contributed by atoms with Gasteiger partial charge in [0.05, 0.1) is 13.7 Å². The molecule has 0 N–H and O–H groups in total. The maximum atomic E-state index is 5.23. The summed E-state index contributed by atoms with van der Waals surface area (Å²) in [6.07, 6.45) is 1.03. The molecule has 0 aliphatic heterocycles. The molecule has 0 aliphatic rings. The molecule has 0 unspecified atom stereocenters. The van der Waals surface area contributed by atoms with Crippen LogP contribution in [0.4, 0.5) is 0 Å². The number of nitrogens with zero attached hydrogens (tertiary/aromatic N) is 4. The summed E-state index contributed by atoms with van der Waals surface area (Å²) in [4.78, 5) is 0. The van der Waals surface area contributed by atoms with Gasteiger partial charge in [-0.15, -0.1) is 5.10 Å². The van der Waals surface area contributed by atoms with E-state index in [2.05, 4.69) is 58.8 Å². The summed E-state index contributed by atoms with van der Waals surface area (Å²) in [5.74, 6) is 1.59. The van der Waals surface area contributed by atoms with Crippen LogP contribution in [0.3, 0.4) is 0 Å². The van der Waals surface area contributed by atoms with E-state index in [-0.39, 0.29) is 0 Å². The smallest absolute Gasteiger partial charge is 0.182 e. The maximum absolute atomic E-state index is 5.23. The van der Waals surface area contributed by atoms with Gasteiger partial charge in [0.25, 0.3) is 0 Å².